The first-order valence-electron chi connectivity index (χ1n) is 11.8. The fourth-order valence-electron chi connectivity index (χ4n) is 3.94. The zero-order chi connectivity index (χ0) is 23.9. The molecule has 1 amide bonds. The van der Waals surface area contributed by atoms with Crippen molar-refractivity contribution in [1.82, 2.24) is 10.3 Å². The van der Waals surface area contributed by atoms with E-state index in [1.807, 2.05) is 48.5 Å². The van der Waals surface area contributed by atoms with Crippen LogP contribution >= 0.6 is 11.8 Å². The van der Waals surface area contributed by atoms with Crippen molar-refractivity contribution in [3.8, 4) is 0 Å². The van der Waals surface area contributed by atoms with Gasteiger partial charge in [-0.15, -0.1) is 0 Å². The maximum absolute atomic E-state index is 13.2. The number of likely N-dealkylation sites (N-methyl/N-ethyl adjacent to an activating group) is 1. The lowest BCUT2D eigenvalue weighted by atomic mass is 10.0. The van der Waals surface area contributed by atoms with Gasteiger partial charge in [-0.25, -0.2) is 4.98 Å². The predicted octanol–water partition coefficient (Wildman–Crippen LogP) is 6.77. The first-order valence-corrected chi connectivity index (χ1v) is 12.6. The zero-order valence-electron chi connectivity index (χ0n) is 20.0. The highest BCUT2D eigenvalue weighted by Gasteiger charge is 2.14. The van der Waals surface area contributed by atoms with Crippen molar-refractivity contribution >= 4 is 34.3 Å². The van der Waals surface area contributed by atoms with Crippen molar-refractivity contribution in [2.75, 3.05) is 24.5 Å². The number of rotatable bonds is 9. The Balaban J connectivity index is 1.51. The minimum absolute atomic E-state index is 0.0697. The van der Waals surface area contributed by atoms with E-state index in [4.69, 9.17) is 4.98 Å². The summed E-state index contributed by atoms with van der Waals surface area (Å²) in [7, 11) is 0. The minimum Gasteiger partial charge on any atom is -0.370 e. The average Bonchev–Trinajstić information content (AvgIpc) is 2.87. The quantitative estimate of drug-likeness (QED) is 0.294. The lowest BCUT2D eigenvalue weighted by Crippen LogP contribution is -2.35. The van der Waals surface area contributed by atoms with E-state index in [0.29, 0.717) is 18.0 Å². The summed E-state index contributed by atoms with van der Waals surface area (Å²) in [5, 5.41) is 4.81. The number of para-hydroxylation sites is 2. The number of fused-ring (bicyclic) bond motifs is 1. The molecule has 0 saturated heterocycles. The van der Waals surface area contributed by atoms with Crippen LogP contribution in [-0.4, -0.2) is 30.5 Å². The predicted molar refractivity (Wildman–Crippen MR) is 143 cm³/mol. The number of amides is 1. The zero-order valence-corrected chi connectivity index (χ0v) is 20.8. The number of anilines is 1. The molecule has 0 fully saturated rings. The normalized spacial score (nSPS) is 11.1. The lowest BCUT2D eigenvalue weighted by molar-refractivity contribution is 0.0956. The molecule has 0 radical (unpaired) electrons. The number of carbonyl (C=O) groups is 1. The number of benzene rings is 3. The standard InChI is InChI=1S/C29H31N3OS/c1-4-32(23-10-6-5-7-11-23)19-18-30-29(33)26-20-28(31-27-13-9-8-12-25(26)27)34-24-16-14-22(15-17-24)21(2)3/h5-17,20-21H,4,18-19H2,1-3H3,(H,30,33). The molecule has 0 atom stereocenters. The second-order valence-corrected chi connectivity index (χ2v) is 9.62. The van der Waals surface area contributed by atoms with Crippen LogP contribution in [0.4, 0.5) is 5.69 Å². The molecule has 0 aliphatic heterocycles. The minimum atomic E-state index is -0.0697. The first kappa shape index (κ1) is 23.8. The van der Waals surface area contributed by atoms with Crippen LogP contribution in [0.2, 0.25) is 0 Å². The molecular weight excluding hydrogens is 438 g/mol. The second kappa shape index (κ2) is 11.2. The summed E-state index contributed by atoms with van der Waals surface area (Å²) in [6, 6.07) is 28.6. The van der Waals surface area contributed by atoms with E-state index in [2.05, 4.69) is 67.4 Å². The van der Waals surface area contributed by atoms with Gasteiger partial charge in [0.25, 0.3) is 5.91 Å². The maximum Gasteiger partial charge on any atom is 0.252 e. The van der Waals surface area contributed by atoms with Crippen molar-refractivity contribution in [3.63, 3.8) is 0 Å². The van der Waals surface area contributed by atoms with E-state index in [1.54, 1.807) is 11.8 Å². The molecule has 0 unspecified atom stereocenters. The van der Waals surface area contributed by atoms with Crippen LogP contribution in [0.3, 0.4) is 0 Å². The van der Waals surface area contributed by atoms with Crippen LogP contribution in [0.15, 0.2) is 94.9 Å². The van der Waals surface area contributed by atoms with Gasteiger partial charge in [-0.05, 0) is 54.8 Å². The van der Waals surface area contributed by atoms with Crippen molar-refractivity contribution in [2.24, 2.45) is 0 Å². The molecule has 1 N–H and O–H groups in total. The Labute approximate surface area is 206 Å². The maximum atomic E-state index is 13.2. The second-order valence-electron chi connectivity index (χ2n) is 8.52. The lowest BCUT2D eigenvalue weighted by Gasteiger charge is -2.23. The van der Waals surface area contributed by atoms with Gasteiger partial charge in [-0.2, -0.15) is 0 Å². The third-order valence-electron chi connectivity index (χ3n) is 5.88. The van der Waals surface area contributed by atoms with Crippen molar-refractivity contribution in [3.05, 3.63) is 96.1 Å². The molecule has 4 rings (SSSR count). The molecule has 0 spiro atoms. The summed E-state index contributed by atoms with van der Waals surface area (Å²) in [5.74, 6) is 0.429. The molecule has 0 saturated carbocycles. The molecule has 0 aliphatic carbocycles. The Morgan fingerprint density at radius 3 is 2.38 bits per heavy atom. The van der Waals surface area contributed by atoms with Gasteiger partial charge in [0.15, 0.2) is 0 Å². The number of carbonyl (C=O) groups excluding carboxylic acids is 1. The third-order valence-corrected chi connectivity index (χ3v) is 6.80. The van der Waals surface area contributed by atoms with Crippen molar-refractivity contribution in [2.45, 2.75) is 36.6 Å². The summed E-state index contributed by atoms with van der Waals surface area (Å²) in [6.07, 6.45) is 0. The Kier molecular flexibility index (Phi) is 7.86. The van der Waals surface area contributed by atoms with E-state index in [1.165, 1.54) is 5.56 Å². The summed E-state index contributed by atoms with van der Waals surface area (Å²) >= 11 is 1.58. The molecule has 4 aromatic rings. The van der Waals surface area contributed by atoms with Gasteiger partial charge >= 0.3 is 0 Å². The molecular formula is C29H31N3OS. The van der Waals surface area contributed by atoms with Crippen LogP contribution in [0.25, 0.3) is 10.9 Å². The summed E-state index contributed by atoms with van der Waals surface area (Å²) in [5.41, 5.74) is 3.97. The van der Waals surface area contributed by atoms with E-state index >= 15 is 0 Å². The van der Waals surface area contributed by atoms with Crippen molar-refractivity contribution < 1.29 is 4.79 Å². The fraction of sp³-hybridized carbons (Fsp3) is 0.241. The average molecular weight is 470 g/mol. The van der Waals surface area contributed by atoms with Gasteiger partial charge < -0.3 is 10.2 Å². The van der Waals surface area contributed by atoms with Crippen LogP contribution in [-0.2, 0) is 0 Å². The number of hydrogen-bond donors (Lipinski definition) is 1. The van der Waals surface area contributed by atoms with Crippen molar-refractivity contribution in [1.29, 1.82) is 0 Å². The van der Waals surface area contributed by atoms with Crippen LogP contribution in [0, 0.1) is 0 Å². The smallest absolute Gasteiger partial charge is 0.252 e. The number of nitrogens with zero attached hydrogens (tertiary/aromatic N) is 2. The number of nitrogens with one attached hydrogen (secondary N) is 1. The fourth-order valence-corrected chi connectivity index (χ4v) is 4.78. The number of pyridine rings is 1. The molecule has 1 aromatic heterocycles. The highest BCUT2D eigenvalue weighted by atomic mass is 32.2. The first-order chi connectivity index (χ1) is 16.5. The highest BCUT2D eigenvalue weighted by Crippen LogP contribution is 2.30. The molecule has 0 bridgehead atoms. The SMILES string of the molecule is CCN(CCNC(=O)c1cc(Sc2ccc(C(C)C)cc2)nc2ccccc12)c1ccccc1. The summed E-state index contributed by atoms with van der Waals surface area (Å²) in [6.45, 7) is 8.71. The van der Waals surface area contributed by atoms with E-state index in [-0.39, 0.29) is 5.91 Å². The molecule has 0 aliphatic rings. The van der Waals surface area contributed by atoms with Gasteiger partial charge in [0, 0.05) is 35.6 Å². The Bertz CT molecular complexity index is 1240. The van der Waals surface area contributed by atoms with E-state index in [0.717, 1.165) is 39.6 Å². The largest absolute Gasteiger partial charge is 0.370 e. The Hall–Kier alpha value is -3.31. The van der Waals surface area contributed by atoms with E-state index in [9.17, 15) is 4.79 Å². The molecule has 4 nitrogen and oxygen atoms in total. The van der Waals surface area contributed by atoms with Gasteiger partial charge in [0.2, 0.25) is 0 Å². The monoisotopic (exact) mass is 469 g/mol. The Morgan fingerprint density at radius 2 is 1.68 bits per heavy atom. The van der Waals surface area contributed by atoms with Gasteiger partial charge in [0.05, 0.1) is 11.1 Å². The molecule has 34 heavy (non-hydrogen) atoms. The van der Waals surface area contributed by atoms with E-state index < -0.39 is 0 Å². The molecule has 1 heterocycles. The van der Waals surface area contributed by atoms with Gasteiger partial charge in [-0.3, -0.25) is 4.79 Å². The highest BCUT2D eigenvalue weighted by molar-refractivity contribution is 7.99. The summed E-state index contributed by atoms with van der Waals surface area (Å²) in [4.78, 5) is 21.4. The van der Waals surface area contributed by atoms with Crippen LogP contribution in [0.1, 0.15) is 42.6 Å². The topological polar surface area (TPSA) is 45.2 Å². The molecule has 3 aromatic carbocycles. The number of aromatic nitrogens is 1. The Morgan fingerprint density at radius 1 is 0.971 bits per heavy atom. The summed E-state index contributed by atoms with van der Waals surface area (Å²) < 4.78 is 0. The number of hydrogen-bond acceptors (Lipinski definition) is 4. The molecule has 5 heteroatoms. The van der Waals surface area contributed by atoms with Gasteiger partial charge in [-0.1, -0.05) is 74.1 Å². The molecule has 174 valence electrons. The third kappa shape index (κ3) is 5.78. The van der Waals surface area contributed by atoms with Gasteiger partial charge in [0.1, 0.15) is 5.03 Å². The van der Waals surface area contributed by atoms with Crippen LogP contribution < -0.4 is 10.2 Å². The van der Waals surface area contributed by atoms with Crippen LogP contribution in [0.5, 0.6) is 0 Å².